The summed E-state index contributed by atoms with van der Waals surface area (Å²) < 4.78 is 11.3. The lowest BCUT2D eigenvalue weighted by Gasteiger charge is -2.30. The van der Waals surface area contributed by atoms with Gasteiger partial charge < -0.3 is 29.9 Å². The normalized spacial score (nSPS) is 18.4. The van der Waals surface area contributed by atoms with Crippen molar-refractivity contribution >= 4 is 5.78 Å². The van der Waals surface area contributed by atoms with E-state index in [4.69, 9.17) is 9.47 Å². The smallest absolute Gasteiger partial charge is 0.202 e. The third kappa shape index (κ3) is 3.68. The molecule has 1 heterocycles. The summed E-state index contributed by atoms with van der Waals surface area (Å²) in [5, 5.41) is 39.6. The minimum atomic E-state index is -1.58. The van der Waals surface area contributed by atoms with E-state index < -0.39 is 23.7 Å². The van der Waals surface area contributed by atoms with E-state index in [2.05, 4.69) is 0 Å². The van der Waals surface area contributed by atoms with Crippen molar-refractivity contribution in [3.8, 4) is 28.7 Å². The summed E-state index contributed by atoms with van der Waals surface area (Å²) in [6.45, 7) is 4.13. The van der Waals surface area contributed by atoms with Crippen molar-refractivity contribution in [2.45, 2.75) is 26.1 Å². The van der Waals surface area contributed by atoms with E-state index in [1.807, 2.05) is 19.9 Å². The summed E-state index contributed by atoms with van der Waals surface area (Å²) in [5.74, 6) is -1.42. The number of allylic oxidation sites excluding steroid dienone is 1. The standard InChI is InChI=1S/C20H20O7/c1-10(2)5-6-26-12-8-15(23)17-16(9-12)27-20(19(25)18(17)24)11-3-4-13(21)14(22)7-11/h3-5,7-9,19-23,25H,6H2,1-2H3/t19-,20+/m0/s1. The van der Waals surface area contributed by atoms with E-state index >= 15 is 0 Å². The van der Waals surface area contributed by atoms with Crippen molar-refractivity contribution in [2.24, 2.45) is 0 Å². The number of ether oxygens (including phenoxy) is 2. The number of Topliss-reactive ketones (excluding diaryl/α,β-unsaturated/α-hetero) is 1. The van der Waals surface area contributed by atoms with Gasteiger partial charge in [-0.1, -0.05) is 11.6 Å². The monoisotopic (exact) mass is 372 g/mol. The number of aliphatic hydroxyl groups excluding tert-OH is 1. The van der Waals surface area contributed by atoms with Crippen LogP contribution in [0.25, 0.3) is 0 Å². The molecule has 0 unspecified atom stereocenters. The number of fused-ring (bicyclic) bond motifs is 1. The highest BCUT2D eigenvalue weighted by Crippen LogP contribution is 2.43. The first-order chi connectivity index (χ1) is 12.8. The number of rotatable bonds is 4. The Bertz CT molecular complexity index is 913. The predicted molar refractivity (Wildman–Crippen MR) is 96.5 cm³/mol. The number of hydrogen-bond acceptors (Lipinski definition) is 7. The van der Waals surface area contributed by atoms with Gasteiger partial charge >= 0.3 is 0 Å². The first-order valence-corrected chi connectivity index (χ1v) is 8.32. The third-order valence-electron chi connectivity index (χ3n) is 4.18. The first-order valence-electron chi connectivity index (χ1n) is 8.32. The fourth-order valence-corrected chi connectivity index (χ4v) is 2.76. The first kappa shape index (κ1) is 18.6. The number of hydrogen-bond donors (Lipinski definition) is 4. The molecule has 0 radical (unpaired) electrons. The van der Waals surface area contributed by atoms with Gasteiger partial charge in [0.05, 0.1) is 0 Å². The maximum Gasteiger partial charge on any atom is 0.202 e. The molecule has 1 aliphatic heterocycles. The zero-order valence-electron chi connectivity index (χ0n) is 14.8. The zero-order chi connectivity index (χ0) is 19.7. The van der Waals surface area contributed by atoms with Crippen LogP contribution < -0.4 is 9.47 Å². The maximum atomic E-state index is 12.5. The van der Waals surface area contributed by atoms with Crippen molar-refractivity contribution < 1.29 is 34.7 Å². The molecule has 0 aromatic heterocycles. The van der Waals surface area contributed by atoms with Crippen LogP contribution in [0, 0.1) is 0 Å². The number of benzene rings is 2. The van der Waals surface area contributed by atoms with Gasteiger partial charge in [-0.05, 0) is 37.6 Å². The van der Waals surface area contributed by atoms with Crippen molar-refractivity contribution in [2.75, 3.05) is 6.61 Å². The molecule has 4 N–H and O–H groups in total. The summed E-state index contributed by atoms with van der Waals surface area (Å²) in [6.07, 6.45) is -0.831. The summed E-state index contributed by atoms with van der Waals surface area (Å²) in [4.78, 5) is 12.5. The zero-order valence-corrected chi connectivity index (χ0v) is 14.8. The van der Waals surface area contributed by atoms with Gasteiger partial charge in [-0.2, -0.15) is 0 Å². The van der Waals surface area contributed by atoms with E-state index in [9.17, 15) is 25.2 Å². The minimum Gasteiger partial charge on any atom is -0.507 e. The average molecular weight is 372 g/mol. The fraction of sp³-hybridized carbons (Fsp3) is 0.250. The Kier molecular flexibility index (Phi) is 4.96. The van der Waals surface area contributed by atoms with Gasteiger partial charge in [0.2, 0.25) is 5.78 Å². The van der Waals surface area contributed by atoms with E-state index in [1.165, 1.54) is 30.3 Å². The second kappa shape index (κ2) is 7.20. The molecule has 0 aliphatic carbocycles. The number of ketones is 1. The summed E-state index contributed by atoms with van der Waals surface area (Å²) >= 11 is 0. The van der Waals surface area contributed by atoms with Crippen LogP contribution >= 0.6 is 0 Å². The lowest BCUT2D eigenvalue weighted by molar-refractivity contribution is 0.0209. The topological polar surface area (TPSA) is 116 Å². The van der Waals surface area contributed by atoms with Gasteiger partial charge in [0.15, 0.2) is 23.7 Å². The lowest BCUT2D eigenvalue weighted by atomic mass is 9.92. The lowest BCUT2D eigenvalue weighted by Crippen LogP contribution is -2.36. The minimum absolute atomic E-state index is 0.0649. The molecule has 0 amide bonds. The molecule has 0 fully saturated rings. The number of phenols is 3. The number of carbonyl (C=O) groups excluding carboxylic acids is 1. The van der Waals surface area contributed by atoms with Gasteiger partial charge in [0.1, 0.15) is 29.4 Å². The molecule has 0 spiro atoms. The number of carbonyl (C=O) groups is 1. The molecule has 0 bridgehead atoms. The molecule has 0 saturated carbocycles. The SMILES string of the molecule is CC(C)=CCOc1cc(O)c2c(c1)O[C@H](c1ccc(O)c(O)c1)[C@@H](O)C2=O. The van der Waals surface area contributed by atoms with Crippen LogP contribution in [-0.4, -0.2) is 38.9 Å². The Morgan fingerprint density at radius 3 is 2.52 bits per heavy atom. The van der Waals surface area contributed by atoms with Crippen LogP contribution in [0.5, 0.6) is 28.7 Å². The van der Waals surface area contributed by atoms with Gasteiger partial charge in [0.25, 0.3) is 0 Å². The van der Waals surface area contributed by atoms with Crippen LogP contribution in [0.3, 0.4) is 0 Å². The Morgan fingerprint density at radius 1 is 1.11 bits per heavy atom. The number of aliphatic hydroxyl groups is 1. The van der Waals surface area contributed by atoms with Crippen molar-refractivity contribution in [1.82, 2.24) is 0 Å². The third-order valence-corrected chi connectivity index (χ3v) is 4.18. The maximum absolute atomic E-state index is 12.5. The Hall–Kier alpha value is -3.19. The summed E-state index contributed by atoms with van der Waals surface area (Å²) in [6, 6.07) is 6.62. The highest BCUT2D eigenvalue weighted by molar-refractivity contribution is 6.05. The van der Waals surface area contributed by atoms with Crippen molar-refractivity contribution in [3.63, 3.8) is 0 Å². The molecule has 7 heteroatoms. The predicted octanol–water partition coefficient (Wildman–Crippen LogP) is 2.83. The summed E-state index contributed by atoms with van der Waals surface area (Å²) in [7, 11) is 0. The van der Waals surface area contributed by atoms with Crippen molar-refractivity contribution in [3.05, 3.63) is 53.1 Å². The van der Waals surface area contributed by atoms with Gasteiger partial charge in [-0.15, -0.1) is 0 Å². The molecule has 27 heavy (non-hydrogen) atoms. The highest BCUT2D eigenvalue weighted by Gasteiger charge is 2.39. The molecule has 142 valence electrons. The van der Waals surface area contributed by atoms with Crippen LogP contribution in [0.1, 0.15) is 35.9 Å². The fourth-order valence-electron chi connectivity index (χ4n) is 2.76. The van der Waals surface area contributed by atoms with Crippen molar-refractivity contribution in [1.29, 1.82) is 0 Å². The Labute approximate surface area is 155 Å². The van der Waals surface area contributed by atoms with Crippen LogP contribution in [0.4, 0.5) is 0 Å². The molecule has 2 atom stereocenters. The molecule has 2 aromatic rings. The highest BCUT2D eigenvalue weighted by atomic mass is 16.5. The number of phenolic OH excluding ortho intramolecular Hbond substituents is 3. The molecule has 7 nitrogen and oxygen atoms in total. The van der Waals surface area contributed by atoms with Gasteiger partial charge in [0, 0.05) is 12.1 Å². The molecular formula is C20H20O7. The average Bonchev–Trinajstić information content (AvgIpc) is 2.60. The van der Waals surface area contributed by atoms with E-state index in [-0.39, 0.29) is 29.4 Å². The van der Waals surface area contributed by atoms with E-state index in [1.54, 1.807) is 0 Å². The Morgan fingerprint density at radius 2 is 1.85 bits per heavy atom. The van der Waals surface area contributed by atoms with Gasteiger partial charge in [-0.3, -0.25) is 4.79 Å². The molecule has 3 rings (SSSR count). The Balaban J connectivity index is 1.95. The largest absolute Gasteiger partial charge is 0.507 e. The van der Waals surface area contributed by atoms with Gasteiger partial charge in [-0.25, -0.2) is 0 Å². The van der Waals surface area contributed by atoms with Crippen LogP contribution in [0.15, 0.2) is 42.0 Å². The van der Waals surface area contributed by atoms with E-state index in [0.717, 1.165) is 5.57 Å². The molecule has 1 aliphatic rings. The quantitative estimate of drug-likeness (QED) is 0.482. The molecule has 0 saturated heterocycles. The van der Waals surface area contributed by atoms with E-state index in [0.29, 0.717) is 11.3 Å². The number of aromatic hydroxyl groups is 3. The molecule has 2 aromatic carbocycles. The second-order valence-corrected chi connectivity index (χ2v) is 6.50. The summed E-state index contributed by atoms with van der Waals surface area (Å²) in [5.41, 5.74) is 1.24. The second-order valence-electron chi connectivity index (χ2n) is 6.50. The van der Waals surface area contributed by atoms with Crippen LogP contribution in [0.2, 0.25) is 0 Å². The van der Waals surface area contributed by atoms with Crippen LogP contribution in [-0.2, 0) is 0 Å². The molecular weight excluding hydrogens is 352 g/mol.